The van der Waals surface area contributed by atoms with E-state index in [1.807, 2.05) is 48.4 Å². The Labute approximate surface area is 147 Å². The molecular weight excluding hydrogens is 312 g/mol. The maximum atomic E-state index is 13.0. The van der Waals surface area contributed by atoms with Gasteiger partial charge in [-0.1, -0.05) is 36.4 Å². The average molecular weight is 334 g/mol. The molecule has 0 fully saturated rings. The number of para-hydroxylation sites is 2. The first-order chi connectivity index (χ1) is 12.3. The van der Waals surface area contributed by atoms with E-state index in [1.54, 1.807) is 0 Å². The van der Waals surface area contributed by atoms with Crippen molar-refractivity contribution in [3.05, 3.63) is 65.9 Å². The number of aromatic amines is 1. The third-order valence-electron chi connectivity index (χ3n) is 4.89. The van der Waals surface area contributed by atoms with Gasteiger partial charge in [-0.15, -0.1) is 0 Å². The summed E-state index contributed by atoms with van der Waals surface area (Å²) in [6, 6.07) is 16.5. The van der Waals surface area contributed by atoms with Gasteiger partial charge in [0.2, 0.25) is 5.91 Å². The molecule has 25 heavy (non-hydrogen) atoms. The lowest BCUT2D eigenvalue weighted by molar-refractivity contribution is -0.120. The van der Waals surface area contributed by atoms with Crippen molar-refractivity contribution >= 4 is 22.5 Å². The Hall–Kier alpha value is -2.59. The van der Waals surface area contributed by atoms with Crippen molar-refractivity contribution in [1.29, 1.82) is 0 Å². The molecule has 0 saturated heterocycles. The van der Waals surface area contributed by atoms with Crippen LogP contribution in [0.15, 0.2) is 54.7 Å². The monoisotopic (exact) mass is 334 g/mol. The van der Waals surface area contributed by atoms with Crippen LogP contribution in [0.25, 0.3) is 10.9 Å². The number of hydrogen-bond donors (Lipinski definition) is 1. The van der Waals surface area contributed by atoms with Crippen LogP contribution in [-0.2, 0) is 16.0 Å². The summed E-state index contributed by atoms with van der Waals surface area (Å²) >= 11 is 0. The number of anilines is 1. The van der Waals surface area contributed by atoms with Crippen LogP contribution in [0.2, 0.25) is 0 Å². The second-order valence-corrected chi connectivity index (χ2v) is 6.35. The Morgan fingerprint density at radius 1 is 1.20 bits per heavy atom. The van der Waals surface area contributed by atoms with Gasteiger partial charge in [0.15, 0.2) is 0 Å². The van der Waals surface area contributed by atoms with Crippen LogP contribution in [0.1, 0.15) is 30.5 Å². The van der Waals surface area contributed by atoms with Gasteiger partial charge in [-0.25, -0.2) is 0 Å². The van der Waals surface area contributed by atoms with Crippen molar-refractivity contribution in [2.75, 3.05) is 18.1 Å². The van der Waals surface area contributed by atoms with Gasteiger partial charge in [0.25, 0.3) is 0 Å². The van der Waals surface area contributed by atoms with Gasteiger partial charge in [-0.05, 0) is 31.0 Å². The molecule has 2 heterocycles. The number of carbonyl (C=O) groups excluding carboxylic acids is 1. The SMILES string of the molecule is CCOCCC(=O)N1c2ccccc2C[C@H]1c1c[nH]c2ccccc12. The third kappa shape index (κ3) is 2.83. The summed E-state index contributed by atoms with van der Waals surface area (Å²) in [5, 5.41) is 1.18. The lowest BCUT2D eigenvalue weighted by Crippen LogP contribution is -2.32. The van der Waals surface area contributed by atoms with Gasteiger partial charge in [0.1, 0.15) is 0 Å². The molecule has 1 atom stereocenters. The summed E-state index contributed by atoms with van der Waals surface area (Å²) in [6.45, 7) is 3.05. The van der Waals surface area contributed by atoms with Gasteiger partial charge < -0.3 is 14.6 Å². The Bertz CT molecular complexity index is 900. The van der Waals surface area contributed by atoms with Crippen molar-refractivity contribution in [3.63, 3.8) is 0 Å². The molecule has 4 nitrogen and oxygen atoms in total. The number of benzene rings is 2. The second-order valence-electron chi connectivity index (χ2n) is 6.35. The molecular formula is C21H22N2O2. The first kappa shape index (κ1) is 15.9. The van der Waals surface area contributed by atoms with Crippen molar-refractivity contribution < 1.29 is 9.53 Å². The Morgan fingerprint density at radius 2 is 2.00 bits per heavy atom. The second kappa shape index (κ2) is 6.73. The highest BCUT2D eigenvalue weighted by Gasteiger charge is 2.35. The van der Waals surface area contributed by atoms with E-state index in [2.05, 4.69) is 23.2 Å². The lowest BCUT2D eigenvalue weighted by Gasteiger charge is -2.25. The number of fused-ring (bicyclic) bond motifs is 2. The van der Waals surface area contributed by atoms with E-state index >= 15 is 0 Å². The number of aromatic nitrogens is 1. The van der Waals surface area contributed by atoms with Crippen LogP contribution in [-0.4, -0.2) is 24.1 Å². The smallest absolute Gasteiger partial charge is 0.229 e. The molecule has 4 rings (SSSR count). The highest BCUT2D eigenvalue weighted by Crippen LogP contribution is 2.42. The summed E-state index contributed by atoms with van der Waals surface area (Å²) in [4.78, 5) is 18.3. The number of nitrogens with one attached hydrogen (secondary N) is 1. The number of nitrogens with zero attached hydrogens (tertiary/aromatic N) is 1. The van der Waals surface area contributed by atoms with Crippen molar-refractivity contribution in [2.45, 2.75) is 25.8 Å². The van der Waals surface area contributed by atoms with Crippen molar-refractivity contribution in [3.8, 4) is 0 Å². The molecule has 0 bridgehead atoms. The number of rotatable bonds is 5. The summed E-state index contributed by atoms with van der Waals surface area (Å²) in [5.41, 5.74) is 4.54. The van der Waals surface area contributed by atoms with E-state index in [0.717, 1.165) is 17.6 Å². The molecule has 128 valence electrons. The molecule has 0 spiro atoms. The molecule has 0 radical (unpaired) electrons. The van der Waals surface area contributed by atoms with Gasteiger partial charge in [0.05, 0.1) is 19.1 Å². The minimum atomic E-state index is 0.0303. The number of H-pyrrole nitrogens is 1. The lowest BCUT2D eigenvalue weighted by atomic mass is 10.0. The van der Waals surface area contributed by atoms with E-state index in [0.29, 0.717) is 19.6 Å². The average Bonchev–Trinajstić information content (AvgIpc) is 3.23. The van der Waals surface area contributed by atoms with Crippen LogP contribution in [0.4, 0.5) is 5.69 Å². The molecule has 1 aliphatic rings. The van der Waals surface area contributed by atoms with E-state index in [9.17, 15) is 4.79 Å². The fourth-order valence-corrected chi connectivity index (χ4v) is 3.74. The number of carbonyl (C=O) groups is 1. The molecule has 2 aromatic carbocycles. The van der Waals surface area contributed by atoms with E-state index in [-0.39, 0.29) is 11.9 Å². The number of ether oxygens (including phenoxy) is 1. The molecule has 1 aromatic heterocycles. The Kier molecular flexibility index (Phi) is 4.28. The number of hydrogen-bond acceptors (Lipinski definition) is 2. The summed E-state index contributed by atoms with van der Waals surface area (Å²) in [6.07, 6.45) is 3.30. The van der Waals surface area contributed by atoms with Crippen LogP contribution in [0.5, 0.6) is 0 Å². The fourth-order valence-electron chi connectivity index (χ4n) is 3.74. The number of amides is 1. The predicted molar refractivity (Wildman–Crippen MR) is 99.8 cm³/mol. The highest BCUT2D eigenvalue weighted by molar-refractivity contribution is 5.98. The summed E-state index contributed by atoms with van der Waals surface area (Å²) in [5.74, 6) is 0.119. The van der Waals surface area contributed by atoms with Crippen molar-refractivity contribution in [1.82, 2.24) is 4.98 Å². The van der Waals surface area contributed by atoms with E-state index in [4.69, 9.17) is 4.74 Å². The predicted octanol–water partition coefficient (Wildman–Crippen LogP) is 4.22. The van der Waals surface area contributed by atoms with E-state index in [1.165, 1.54) is 16.5 Å². The Balaban J connectivity index is 1.72. The molecule has 1 amide bonds. The molecule has 0 saturated carbocycles. The summed E-state index contributed by atoms with van der Waals surface area (Å²) < 4.78 is 5.39. The minimum absolute atomic E-state index is 0.0303. The maximum absolute atomic E-state index is 13.0. The summed E-state index contributed by atoms with van der Waals surface area (Å²) in [7, 11) is 0. The zero-order chi connectivity index (χ0) is 17.2. The molecule has 0 aliphatic carbocycles. The zero-order valence-corrected chi connectivity index (χ0v) is 14.4. The van der Waals surface area contributed by atoms with Gasteiger partial charge in [0, 0.05) is 35.0 Å². The van der Waals surface area contributed by atoms with E-state index < -0.39 is 0 Å². The standard InChI is InChI=1S/C21H22N2O2/c1-2-25-12-11-21(24)23-19-10-6-3-7-15(19)13-20(23)17-14-22-18-9-5-4-8-16(17)18/h3-10,14,20,22H,2,11-13H2,1H3/t20-/m0/s1. The molecule has 0 unspecified atom stereocenters. The zero-order valence-electron chi connectivity index (χ0n) is 14.4. The van der Waals surface area contributed by atoms with Crippen LogP contribution < -0.4 is 4.90 Å². The normalized spacial score (nSPS) is 16.4. The van der Waals surface area contributed by atoms with Crippen LogP contribution in [0, 0.1) is 0 Å². The topological polar surface area (TPSA) is 45.3 Å². The molecule has 1 aliphatic heterocycles. The van der Waals surface area contributed by atoms with Crippen molar-refractivity contribution in [2.24, 2.45) is 0 Å². The molecule has 3 aromatic rings. The van der Waals surface area contributed by atoms with Gasteiger partial charge in [-0.2, -0.15) is 0 Å². The first-order valence-electron chi connectivity index (χ1n) is 8.83. The first-order valence-corrected chi connectivity index (χ1v) is 8.83. The highest BCUT2D eigenvalue weighted by atomic mass is 16.5. The maximum Gasteiger partial charge on any atom is 0.229 e. The van der Waals surface area contributed by atoms with Gasteiger partial charge in [-0.3, -0.25) is 4.79 Å². The largest absolute Gasteiger partial charge is 0.381 e. The molecule has 1 N–H and O–H groups in total. The fraction of sp³-hybridized carbons (Fsp3) is 0.286. The van der Waals surface area contributed by atoms with Crippen LogP contribution in [0.3, 0.4) is 0 Å². The molecule has 4 heteroatoms. The third-order valence-corrected chi connectivity index (χ3v) is 4.89. The van der Waals surface area contributed by atoms with Gasteiger partial charge >= 0.3 is 0 Å². The quantitative estimate of drug-likeness (QED) is 0.710. The minimum Gasteiger partial charge on any atom is -0.381 e. The Morgan fingerprint density at radius 3 is 2.88 bits per heavy atom. The van der Waals surface area contributed by atoms with Crippen LogP contribution >= 0.6 is 0 Å².